The Morgan fingerprint density at radius 1 is 1.46 bits per heavy atom. The van der Waals surface area contributed by atoms with Crippen LogP contribution in [0.5, 0.6) is 0 Å². The van der Waals surface area contributed by atoms with Gasteiger partial charge in [0.05, 0.1) is 17.2 Å². The van der Waals surface area contributed by atoms with Gasteiger partial charge < -0.3 is 10.8 Å². The van der Waals surface area contributed by atoms with Crippen LogP contribution in [0.3, 0.4) is 0 Å². The van der Waals surface area contributed by atoms with Crippen molar-refractivity contribution >= 4 is 5.69 Å². The molecule has 3 nitrogen and oxygen atoms in total. The van der Waals surface area contributed by atoms with Crippen LogP contribution in [0.2, 0.25) is 0 Å². The average Bonchev–Trinajstić information content (AvgIpc) is 2.03. The lowest BCUT2D eigenvalue weighted by molar-refractivity contribution is 0.0784. The minimum Gasteiger partial charge on any atom is -0.399 e. The normalized spacial score (nSPS) is 10.9. The number of hydrogen-bond donors (Lipinski definition) is 2. The molecule has 0 amide bonds. The molecule has 0 aromatic heterocycles. The summed E-state index contributed by atoms with van der Waals surface area (Å²) in [7, 11) is 0. The highest BCUT2D eigenvalue weighted by atomic mass is 16.3. The van der Waals surface area contributed by atoms with Gasteiger partial charge in [0, 0.05) is 11.3 Å². The van der Waals surface area contributed by atoms with Crippen molar-refractivity contribution in [2.75, 3.05) is 5.73 Å². The molecule has 0 spiro atoms. The summed E-state index contributed by atoms with van der Waals surface area (Å²) in [4.78, 5) is 0. The van der Waals surface area contributed by atoms with Gasteiger partial charge in [-0.05, 0) is 32.0 Å². The summed E-state index contributed by atoms with van der Waals surface area (Å²) in [6.45, 7) is 3.26. The molecule has 1 aromatic carbocycles. The summed E-state index contributed by atoms with van der Waals surface area (Å²) >= 11 is 0. The number of nitriles is 1. The summed E-state index contributed by atoms with van der Waals surface area (Å²) in [6.07, 6.45) is 0. The molecule has 0 atom stereocenters. The standard InChI is InChI=1S/C10H12N2O/c1-10(2,13)9-5-8(12)4-3-7(9)6-11/h3-5,13H,12H2,1-2H3. The van der Waals surface area contributed by atoms with E-state index in [9.17, 15) is 5.11 Å². The second-order valence-electron chi connectivity index (χ2n) is 3.48. The molecular formula is C10H12N2O. The lowest BCUT2D eigenvalue weighted by Gasteiger charge is -2.19. The van der Waals surface area contributed by atoms with Crippen LogP contribution in [0.4, 0.5) is 5.69 Å². The number of rotatable bonds is 1. The lowest BCUT2D eigenvalue weighted by Crippen LogP contribution is -2.17. The van der Waals surface area contributed by atoms with Crippen LogP contribution in [0, 0.1) is 11.3 Å². The zero-order valence-corrected chi connectivity index (χ0v) is 7.70. The Labute approximate surface area is 77.4 Å². The Bertz CT molecular complexity index is 358. The van der Waals surface area contributed by atoms with Gasteiger partial charge in [-0.3, -0.25) is 0 Å². The van der Waals surface area contributed by atoms with Crippen molar-refractivity contribution < 1.29 is 5.11 Å². The van der Waals surface area contributed by atoms with Crippen LogP contribution in [0.1, 0.15) is 25.0 Å². The van der Waals surface area contributed by atoms with Crippen molar-refractivity contribution in [3.63, 3.8) is 0 Å². The molecule has 1 rings (SSSR count). The zero-order chi connectivity index (χ0) is 10.1. The highest BCUT2D eigenvalue weighted by Gasteiger charge is 2.19. The summed E-state index contributed by atoms with van der Waals surface area (Å²) < 4.78 is 0. The van der Waals surface area contributed by atoms with E-state index < -0.39 is 5.60 Å². The third kappa shape index (κ3) is 1.98. The van der Waals surface area contributed by atoms with Gasteiger partial charge in [0.15, 0.2) is 0 Å². The van der Waals surface area contributed by atoms with Crippen LogP contribution in [-0.2, 0) is 5.60 Å². The van der Waals surface area contributed by atoms with E-state index in [0.717, 1.165) is 0 Å². The number of nitrogens with two attached hydrogens (primary N) is 1. The van der Waals surface area contributed by atoms with E-state index in [4.69, 9.17) is 11.0 Å². The molecule has 0 aliphatic heterocycles. The minimum atomic E-state index is -1.03. The maximum Gasteiger partial charge on any atom is 0.0995 e. The van der Waals surface area contributed by atoms with E-state index in [1.807, 2.05) is 6.07 Å². The van der Waals surface area contributed by atoms with Gasteiger partial charge in [0.1, 0.15) is 0 Å². The van der Waals surface area contributed by atoms with Gasteiger partial charge in [-0.2, -0.15) is 5.26 Å². The maximum atomic E-state index is 9.72. The smallest absolute Gasteiger partial charge is 0.0995 e. The quantitative estimate of drug-likeness (QED) is 0.635. The molecule has 3 N–H and O–H groups in total. The summed E-state index contributed by atoms with van der Waals surface area (Å²) in [5, 5.41) is 18.5. The fraction of sp³-hybridized carbons (Fsp3) is 0.300. The first-order chi connectivity index (χ1) is 5.95. The average molecular weight is 176 g/mol. The summed E-state index contributed by atoms with van der Waals surface area (Å²) in [5.41, 5.74) is 6.11. The number of nitrogen functional groups attached to an aromatic ring is 1. The van der Waals surface area contributed by atoms with Crippen molar-refractivity contribution in [3.05, 3.63) is 29.3 Å². The first-order valence-electron chi connectivity index (χ1n) is 3.97. The Balaban J connectivity index is 3.35. The van der Waals surface area contributed by atoms with E-state index in [2.05, 4.69) is 0 Å². The number of aliphatic hydroxyl groups is 1. The fourth-order valence-corrected chi connectivity index (χ4v) is 1.17. The second kappa shape index (κ2) is 3.08. The van der Waals surface area contributed by atoms with Gasteiger partial charge in [0.25, 0.3) is 0 Å². The van der Waals surface area contributed by atoms with Crippen LogP contribution in [0.25, 0.3) is 0 Å². The number of nitrogens with zero attached hydrogens (tertiary/aromatic N) is 1. The van der Waals surface area contributed by atoms with Crippen molar-refractivity contribution in [1.82, 2.24) is 0 Å². The molecular weight excluding hydrogens is 164 g/mol. The van der Waals surface area contributed by atoms with Crippen molar-refractivity contribution in [2.24, 2.45) is 0 Å². The molecule has 0 radical (unpaired) electrons. The van der Waals surface area contributed by atoms with Crippen LogP contribution < -0.4 is 5.73 Å². The minimum absolute atomic E-state index is 0.460. The highest BCUT2D eigenvalue weighted by molar-refractivity contribution is 5.50. The predicted molar refractivity (Wildman–Crippen MR) is 50.8 cm³/mol. The molecule has 0 unspecified atom stereocenters. The van der Waals surface area contributed by atoms with Gasteiger partial charge in [-0.15, -0.1) is 0 Å². The Hall–Kier alpha value is -1.53. The molecule has 0 heterocycles. The highest BCUT2D eigenvalue weighted by Crippen LogP contribution is 2.25. The predicted octanol–water partition coefficient (Wildman–Crippen LogP) is 1.37. The maximum absolute atomic E-state index is 9.72. The largest absolute Gasteiger partial charge is 0.399 e. The molecule has 0 aliphatic rings. The van der Waals surface area contributed by atoms with Crippen molar-refractivity contribution in [3.8, 4) is 6.07 Å². The fourth-order valence-electron chi connectivity index (χ4n) is 1.17. The van der Waals surface area contributed by atoms with Gasteiger partial charge >= 0.3 is 0 Å². The molecule has 3 heteroatoms. The number of hydrogen-bond acceptors (Lipinski definition) is 3. The van der Waals surface area contributed by atoms with Crippen LogP contribution >= 0.6 is 0 Å². The van der Waals surface area contributed by atoms with Gasteiger partial charge in [0.2, 0.25) is 0 Å². The molecule has 0 saturated heterocycles. The SMILES string of the molecule is CC(C)(O)c1cc(N)ccc1C#N. The first-order valence-corrected chi connectivity index (χ1v) is 3.97. The number of anilines is 1. The van der Waals surface area contributed by atoms with Crippen molar-refractivity contribution in [1.29, 1.82) is 5.26 Å². The van der Waals surface area contributed by atoms with E-state index >= 15 is 0 Å². The Morgan fingerprint density at radius 2 is 2.08 bits per heavy atom. The third-order valence-corrected chi connectivity index (χ3v) is 1.82. The van der Waals surface area contributed by atoms with E-state index in [1.54, 1.807) is 32.0 Å². The summed E-state index contributed by atoms with van der Waals surface area (Å²) in [5.74, 6) is 0. The molecule has 0 fully saturated rings. The monoisotopic (exact) mass is 176 g/mol. The summed E-state index contributed by atoms with van der Waals surface area (Å²) in [6, 6.07) is 6.90. The molecule has 0 saturated carbocycles. The topological polar surface area (TPSA) is 70.0 Å². The molecule has 13 heavy (non-hydrogen) atoms. The Morgan fingerprint density at radius 3 is 2.54 bits per heavy atom. The van der Waals surface area contributed by atoms with Gasteiger partial charge in [-0.25, -0.2) is 0 Å². The molecule has 68 valence electrons. The third-order valence-electron chi connectivity index (χ3n) is 1.82. The first kappa shape index (κ1) is 9.56. The molecule has 0 aliphatic carbocycles. The lowest BCUT2D eigenvalue weighted by atomic mass is 9.93. The van der Waals surface area contributed by atoms with Crippen LogP contribution in [0.15, 0.2) is 18.2 Å². The van der Waals surface area contributed by atoms with E-state index in [0.29, 0.717) is 16.8 Å². The van der Waals surface area contributed by atoms with Crippen molar-refractivity contribution in [2.45, 2.75) is 19.4 Å². The number of benzene rings is 1. The van der Waals surface area contributed by atoms with E-state index in [-0.39, 0.29) is 0 Å². The van der Waals surface area contributed by atoms with Gasteiger partial charge in [-0.1, -0.05) is 0 Å². The zero-order valence-electron chi connectivity index (χ0n) is 7.70. The van der Waals surface area contributed by atoms with Crippen LogP contribution in [-0.4, -0.2) is 5.11 Å². The molecule has 0 bridgehead atoms. The molecule has 1 aromatic rings. The van der Waals surface area contributed by atoms with E-state index in [1.165, 1.54) is 0 Å². The second-order valence-corrected chi connectivity index (χ2v) is 3.48. The Kier molecular flexibility index (Phi) is 2.26.